The molecule has 0 spiro atoms. The van der Waals surface area contributed by atoms with E-state index < -0.39 is 10.0 Å². The maximum Gasteiger partial charge on any atom is 0.243 e. The van der Waals surface area contributed by atoms with Gasteiger partial charge < -0.3 is 15.4 Å². The predicted octanol–water partition coefficient (Wildman–Crippen LogP) is 3.01. The van der Waals surface area contributed by atoms with Crippen molar-refractivity contribution in [3.8, 4) is 5.75 Å². The lowest BCUT2D eigenvalue weighted by Crippen LogP contribution is -2.41. The van der Waals surface area contributed by atoms with Crippen LogP contribution in [0.3, 0.4) is 0 Å². The maximum absolute atomic E-state index is 13.2. The van der Waals surface area contributed by atoms with Gasteiger partial charge in [-0.05, 0) is 61.6 Å². The van der Waals surface area contributed by atoms with Crippen LogP contribution in [0.15, 0.2) is 47.4 Å². The molecule has 0 radical (unpaired) electrons. The van der Waals surface area contributed by atoms with Crippen LogP contribution >= 0.6 is 0 Å². The van der Waals surface area contributed by atoms with Crippen molar-refractivity contribution in [2.45, 2.75) is 37.0 Å². The molecule has 0 saturated carbocycles. The summed E-state index contributed by atoms with van der Waals surface area (Å²) < 4.78 is 33.0. The quantitative estimate of drug-likeness (QED) is 0.718. The lowest BCUT2D eigenvalue weighted by molar-refractivity contribution is -0.121. The van der Waals surface area contributed by atoms with Gasteiger partial charge in [0.25, 0.3) is 0 Å². The van der Waals surface area contributed by atoms with Crippen molar-refractivity contribution >= 4 is 33.2 Å². The maximum atomic E-state index is 13.2. The van der Waals surface area contributed by atoms with Crippen LogP contribution < -0.4 is 15.4 Å². The second-order valence-electron chi connectivity index (χ2n) is 8.12. The molecule has 2 heterocycles. The van der Waals surface area contributed by atoms with Crippen LogP contribution in [0.1, 0.15) is 31.2 Å². The third-order valence-corrected chi connectivity index (χ3v) is 7.90. The van der Waals surface area contributed by atoms with Crippen molar-refractivity contribution < 1.29 is 22.7 Å². The number of anilines is 2. The second kappa shape index (κ2) is 9.30. The van der Waals surface area contributed by atoms with Crippen molar-refractivity contribution in [1.29, 1.82) is 0 Å². The summed E-state index contributed by atoms with van der Waals surface area (Å²) in [6, 6.07) is 12.0. The van der Waals surface area contributed by atoms with E-state index in [1.165, 1.54) is 4.31 Å². The first kappa shape index (κ1) is 22.3. The molecular formula is C23H27N3O5S. The van der Waals surface area contributed by atoms with E-state index in [-0.39, 0.29) is 35.7 Å². The Balaban J connectivity index is 1.40. The number of piperidine rings is 1. The molecule has 0 unspecified atom stereocenters. The first-order valence-electron chi connectivity index (χ1n) is 10.7. The first-order valence-corrected chi connectivity index (χ1v) is 12.2. The molecule has 2 aliphatic rings. The largest absolute Gasteiger partial charge is 0.497 e. The Morgan fingerprint density at radius 3 is 2.66 bits per heavy atom. The van der Waals surface area contributed by atoms with Gasteiger partial charge in [0.05, 0.1) is 12.0 Å². The minimum atomic E-state index is -3.67. The van der Waals surface area contributed by atoms with E-state index in [2.05, 4.69) is 10.6 Å². The Kier molecular flexibility index (Phi) is 6.48. The molecule has 1 saturated heterocycles. The Bertz CT molecular complexity index is 1120. The molecule has 0 atom stereocenters. The molecule has 2 amide bonds. The molecule has 0 aliphatic carbocycles. The van der Waals surface area contributed by atoms with Gasteiger partial charge in [0.15, 0.2) is 0 Å². The number of carbonyl (C=O) groups excluding carboxylic acids is 2. The third kappa shape index (κ3) is 4.78. The van der Waals surface area contributed by atoms with Gasteiger partial charge in [-0.1, -0.05) is 6.07 Å². The van der Waals surface area contributed by atoms with E-state index in [0.717, 1.165) is 5.56 Å². The summed E-state index contributed by atoms with van der Waals surface area (Å²) in [6.07, 6.45) is 2.69. The molecular weight excluding hydrogens is 430 g/mol. The van der Waals surface area contributed by atoms with E-state index in [4.69, 9.17) is 4.74 Å². The van der Waals surface area contributed by atoms with Gasteiger partial charge in [0.2, 0.25) is 21.8 Å². The summed E-state index contributed by atoms with van der Waals surface area (Å²) in [5, 5.41) is 5.72. The number of ether oxygens (including phenoxy) is 1. The molecule has 1 fully saturated rings. The van der Waals surface area contributed by atoms with Gasteiger partial charge >= 0.3 is 0 Å². The average molecular weight is 458 g/mol. The zero-order valence-electron chi connectivity index (χ0n) is 18.0. The van der Waals surface area contributed by atoms with E-state index in [1.54, 1.807) is 49.6 Å². The van der Waals surface area contributed by atoms with Crippen LogP contribution in [-0.2, 0) is 26.0 Å². The van der Waals surface area contributed by atoms with Crippen molar-refractivity contribution in [2.24, 2.45) is 5.92 Å². The van der Waals surface area contributed by atoms with Gasteiger partial charge in [-0.3, -0.25) is 9.59 Å². The van der Waals surface area contributed by atoms with Crippen molar-refractivity contribution in [3.63, 3.8) is 0 Å². The monoisotopic (exact) mass is 457 g/mol. The number of rotatable bonds is 5. The number of sulfonamides is 1. The highest BCUT2D eigenvalue weighted by molar-refractivity contribution is 7.89. The summed E-state index contributed by atoms with van der Waals surface area (Å²) in [5.41, 5.74) is 2.17. The fraction of sp³-hybridized carbons (Fsp3) is 0.391. The normalized spacial score (nSPS) is 17.7. The van der Waals surface area contributed by atoms with Gasteiger partial charge in [0, 0.05) is 42.9 Å². The third-order valence-electron chi connectivity index (χ3n) is 6.00. The Morgan fingerprint density at radius 1 is 1.12 bits per heavy atom. The highest BCUT2D eigenvalue weighted by Crippen LogP contribution is 2.29. The summed E-state index contributed by atoms with van der Waals surface area (Å²) >= 11 is 0. The summed E-state index contributed by atoms with van der Waals surface area (Å²) in [4.78, 5) is 24.6. The number of aryl methyl sites for hydroxylation is 1. The molecule has 0 bridgehead atoms. The first-order chi connectivity index (χ1) is 15.4. The Morgan fingerprint density at radius 2 is 1.91 bits per heavy atom. The molecule has 2 aliphatic heterocycles. The molecule has 2 N–H and O–H groups in total. The molecule has 32 heavy (non-hydrogen) atoms. The smallest absolute Gasteiger partial charge is 0.243 e. The van der Waals surface area contributed by atoms with Gasteiger partial charge in [-0.25, -0.2) is 8.42 Å². The number of carbonyl (C=O) groups is 2. The minimum absolute atomic E-state index is 0.0475. The molecule has 2 aromatic rings. The number of nitrogens with one attached hydrogen (secondary N) is 2. The molecule has 4 rings (SSSR count). The summed E-state index contributed by atoms with van der Waals surface area (Å²) in [5.74, 6) is 0.240. The highest BCUT2D eigenvalue weighted by atomic mass is 32.2. The SMILES string of the molecule is COc1cccc(NC(=O)C2CCN(S(=O)(=O)c3ccc4c(c3)CCCC(=O)N4)CC2)c1. The molecule has 170 valence electrons. The number of methoxy groups -OCH3 is 1. The molecule has 9 heteroatoms. The van der Waals surface area contributed by atoms with E-state index in [0.29, 0.717) is 49.2 Å². The summed E-state index contributed by atoms with van der Waals surface area (Å²) in [6.45, 7) is 0.568. The van der Waals surface area contributed by atoms with Crippen LogP contribution in [0.5, 0.6) is 5.75 Å². The van der Waals surface area contributed by atoms with Crippen LogP contribution in [0.25, 0.3) is 0 Å². The lowest BCUT2D eigenvalue weighted by atomic mass is 9.97. The molecule has 8 nitrogen and oxygen atoms in total. The lowest BCUT2D eigenvalue weighted by Gasteiger charge is -2.30. The van der Waals surface area contributed by atoms with Crippen molar-refractivity contribution in [2.75, 3.05) is 30.8 Å². The number of hydrogen-bond donors (Lipinski definition) is 2. The Hall–Kier alpha value is -2.91. The predicted molar refractivity (Wildman–Crippen MR) is 121 cm³/mol. The number of nitrogens with zero attached hydrogens (tertiary/aromatic N) is 1. The minimum Gasteiger partial charge on any atom is -0.497 e. The van der Waals surface area contributed by atoms with Crippen LogP contribution in [0.2, 0.25) is 0 Å². The van der Waals surface area contributed by atoms with Crippen LogP contribution in [-0.4, -0.2) is 44.7 Å². The molecule has 0 aromatic heterocycles. The van der Waals surface area contributed by atoms with Crippen LogP contribution in [0.4, 0.5) is 11.4 Å². The number of amides is 2. The average Bonchev–Trinajstić information content (AvgIpc) is 2.99. The van der Waals surface area contributed by atoms with Crippen molar-refractivity contribution in [1.82, 2.24) is 4.31 Å². The summed E-state index contributed by atoms with van der Waals surface area (Å²) in [7, 11) is -2.10. The van der Waals surface area contributed by atoms with Gasteiger partial charge in [-0.15, -0.1) is 0 Å². The van der Waals surface area contributed by atoms with E-state index in [9.17, 15) is 18.0 Å². The standard InChI is InChI=1S/C23H27N3O5S/c1-31-19-6-3-5-18(15-19)24-23(28)16-10-12-26(13-11-16)32(29,30)20-8-9-21-17(14-20)4-2-7-22(27)25-21/h3,5-6,8-9,14-16H,2,4,7,10-13H2,1H3,(H,24,28)(H,25,27). The molecule has 2 aromatic carbocycles. The Labute approximate surface area is 188 Å². The van der Waals surface area contributed by atoms with Crippen LogP contribution in [0, 0.1) is 5.92 Å². The second-order valence-corrected chi connectivity index (χ2v) is 10.1. The number of benzene rings is 2. The number of fused-ring (bicyclic) bond motifs is 1. The zero-order valence-corrected chi connectivity index (χ0v) is 18.8. The fourth-order valence-corrected chi connectivity index (χ4v) is 5.68. The van der Waals surface area contributed by atoms with E-state index >= 15 is 0 Å². The zero-order chi connectivity index (χ0) is 22.7. The topological polar surface area (TPSA) is 105 Å². The number of hydrogen-bond acceptors (Lipinski definition) is 5. The van der Waals surface area contributed by atoms with Gasteiger partial charge in [0.1, 0.15) is 5.75 Å². The van der Waals surface area contributed by atoms with Gasteiger partial charge in [-0.2, -0.15) is 4.31 Å². The van der Waals surface area contributed by atoms with Crippen molar-refractivity contribution in [3.05, 3.63) is 48.0 Å². The fourth-order valence-electron chi connectivity index (χ4n) is 4.16. The highest BCUT2D eigenvalue weighted by Gasteiger charge is 2.32. The van der Waals surface area contributed by atoms with E-state index in [1.807, 2.05) is 0 Å².